The molecule has 0 fully saturated rings. The number of aliphatic hydroxyl groups excluding tert-OH is 1. The standard InChI is InChI=1S/C15H22O3/c1-9-10(2)14-12(11(3)13(9)17-5)6-7-15(4,8-16)18-14/h16H,6-8H2,1-5H3. The summed E-state index contributed by atoms with van der Waals surface area (Å²) in [5.41, 5.74) is 4.17. The van der Waals surface area contributed by atoms with Crippen LogP contribution in [0.5, 0.6) is 11.5 Å². The highest BCUT2D eigenvalue weighted by molar-refractivity contribution is 5.58. The molecule has 1 atom stereocenters. The van der Waals surface area contributed by atoms with E-state index in [-0.39, 0.29) is 6.61 Å². The van der Waals surface area contributed by atoms with Gasteiger partial charge in [0.1, 0.15) is 17.1 Å². The van der Waals surface area contributed by atoms with E-state index < -0.39 is 5.60 Å². The fraction of sp³-hybridized carbons (Fsp3) is 0.600. The van der Waals surface area contributed by atoms with Gasteiger partial charge >= 0.3 is 0 Å². The second-order valence-electron chi connectivity index (χ2n) is 5.43. The van der Waals surface area contributed by atoms with Crippen LogP contribution in [0.2, 0.25) is 0 Å². The van der Waals surface area contributed by atoms with Crippen molar-refractivity contribution in [2.75, 3.05) is 13.7 Å². The molecule has 1 unspecified atom stereocenters. The van der Waals surface area contributed by atoms with Gasteiger partial charge in [0.05, 0.1) is 13.7 Å². The summed E-state index contributed by atoms with van der Waals surface area (Å²) in [7, 11) is 1.71. The fourth-order valence-electron chi connectivity index (χ4n) is 2.70. The van der Waals surface area contributed by atoms with Crippen molar-refractivity contribution in [1.82, 2.24) is 0 Å². The molecule has 1 N–H and O–H groups in total. The van der Waals surface area contributed by atoms with Crippen molar-refractivity contribution >= 4 is 0 Å². The van der Waals surface area contributed by atoms with Crippen LogP contribution in [0, 0.1) is 20.8 Å². The summed E-state index contributed by atoms with van der Waals surface area (Å²) in [5.74, 6) is 1.90. The first kappa shape index (κ1) is 13.2. The van der Waals surface area contributed by atoms with E-state index >= 15 is 0 Å². The molecule has 1 aliphatic heterocycles. The van der Waals surface area contributed by atoms with Gasteiger partial charge in [-0.3, -0.25) is 0 Å². The number of ether oxygens (including phenoxy) is 2. The third kappa shape index (κ3) is 1.87. The minimum absolute atomic E-state index is 0.0516. The molecule has 3 nitrogen and oxygen atoms in total. The second-order valence-corrected chi connectivity index (χ2v) is 5.43. The van der Waals surface area contributed by atoms with E-state index in [9.17, 15) is 5.11 Å². The molecule has 2 rings (SSSR count). The average molecular weight is 250 g/mol. The van der Waals surface area contributed by atoms with Gasteiger partial charge in [-0.2, -0.15) is 0 Å². The molecule has 0 saturated carbocycles. The Bertz CT molecular complexity index is 479. The molecule has 0 aliphatic carbocycles. The van der Waals surface area contributed by atoms with Gasteiger partial charge in [-0.25, -0.2) is 0 Å². The number of benzene rings is 1. The molecule has 0 radical (unpaired) electrons. The van der Waals surface area contributed by atoms with Crippen LogP contribution in [0.25, 0.3) is 0 Å². The Hall–Kier alpha value is -1.22. The molecule has 0 amide bonds. The van der Waals surface area contributed by atoms with E-state index in [4.69, 9.17) is 9.47 Å². The van der Waals surface area contributed by atoms with E-state index in [0.717, 1.165) is 41.0 Å². The quantitative estimate of drug-likeness (QED) is 0.877. The first-order valence-electron chi connectivity index (χ1n) is 6.40. The largest absolute Gasteiger partial charge is 0.496 e. The number of aliphatic hydroxyl groups is 1. The number of hydrogen-bond acceptors (Lipinski definition) is 3. The van der Waals surface area contributed by atoms with Crippen molar-refractivity contribution in [3.8, 4) is 11.5 Å². The van der Waals surface area contributed by atoms with E-state index in [2.05, 4.69) is 20.8 Å². The van der Waals surface area contributed by atoms with Crippen molar-refractivity contribution in [1.29, 1.82) is 0 Å². The van der Waals surface area contributed by atoms with Crippen molar-refractivity contribution < 1.29 is 14.6 Å². The Morgan fingerprint density at radius 3 is 2.44 bits per heavy atom. The molecule has 0 bridgehead atoms. The molecule has 18 heavy (non-hydrogen) atoms. The van der Waals surface area contributed by atoms with Gasteiger partial charge in [-0.15, -0.1) is 0 Å². The molecule has 1 heterocycles. The Labute approximate surface area is 109 Å². The van der Waals surface area contributed by atoms with E-state index in [1.54, 1.807) is 7.11 Å². The van der Waals surface area contributed by atoms with Gasteiger partial charge < -0.3 is 14.6 Å². The van der Waals surface area contributed by atoms with Crippen LogP contribution in [0.3, 0.4) is 0 Å². The third-order valence-corrected chi connectivity index (χ3v) is 4.10. The highest BCUT2D eigenvalue weighted by atomic mass is 16.5. The first-order valence-corrected chi connectivity index (χ1v) is 6.40. The van der Waals surface area contributed by atoms with Crippen LogP contribution >= 0.6 is 0 Å². The Kier molecular flexibility index (Phi) is 3.28. The lowest BCUT2D eigenvalue weighted by Gasteiger charge is -2.36. The van der Waals surface area contributed by atoms with Crippen LogP contribution < -0.4 is 9.47 Å². The highest BCUT2D eigenvalue weighted by Gasteiger charge is 2.34. The fourth-order valence-corrected chi connectivity index (χ4v) is 2.70. The molecule has 1 aromatic rings. The lowest BCUT2D eigenvalue weighted by Crippen LogP contribution is -2.40. The number of fused-ring (bicyclic) bond motifs is 1. The van der Waals surface area contributed by atoms with Crippen molar-refractivity contribution in [3.63, 3.8) is 0 Å². The summed E-state index contributed by atoms with van der Waals surface area (Å²) in [5, 5.41) is 9.46. The zero-order chi connectivity index (χ0) is 13.5. The Morgan fingerprint density at radius 1 is 1.22 bits per heavy atom. The Morgan fingerprint density at radius 2 is 1.89 bits per heavy atom. The summed E-state index contributed by atoms with van der Waals surface area (Å²) in [4.78, 5) is 0. The maximum atomic E-state index is 9.46. The molecule has 0 saturated heterocycles. The second kappa shape index (κ2) is 4.47. The van der Waals surface area contributed by atoms with Gasteiger partial charge in [0.25, 0.3) is 0 Å². The smallest absolute Gasteiger partial charge is 0.129 e. The van der Waals surface area contributed by atoms with E-state index in [1.165, 1.54) is 5.56 Å². The first-order chi connectivity index (χ1) is 8.43. The molecule has 0 spiro atoms. The number of methoxy groups -OCH3 is 1. The molecule has 1 aliphatic rings. The topological polar surface area (TPSA) is 38.7 Å². The Balaban J connectivity index is 2.59. The van der Waals surface area contributed by atoms with Gasteiger partial charge in [0.15, 0.2) is 0 Å². The minimum Gasteiger partial charge on any atom is -0.496 e. The molecule has 0 aromatic heterocycles. The normalized spacial score (nSPS) is 22.3. The molecular formula is C15H22O3. The summed E-state index contributed by atoms with van der Waals surface area (Å²) in [6, 6.07) is 0. The zero-order valence-corrected chi connectivity index (χ0v) is 11.9. The van der Waals surface area contributed by atoms with Gasteiger partial charge in [-0.1, -0.05) is 0 Å². The van der Waals surface area contributed by atoms with Crippen molar-refractivity contribution in [2.24, 2.45) is 0 Å². The maximum Gasteiger partial charge on any atom is 0.129 e. The average Bonchev–Trinajstić information content (AvgIpc) is 2.37. The van der Waals surface area contributed by atoms with Crippen LogP contribution in [-0.4, -0.2) is 24.4 Å². The molecular weight excluding hydrogens is 228 g/mol. The van der Waals surface area contributed by atoms with Gasteiger partial charge in [-0.05, 0) is 57.2 Å². The maximum absolute atomic E-state index is 9.46. The monoisotopic (exact) mass is 250 g/mol. The SMILES string of the molecule is COc1c(C)c(C)c2c(c1C)CCC(C)(CO)O2. The summed E-state index contributed by atoms with van der Waals surface area (Å²) in [6.07, 6.45) is 1.76. The van der Waals surface area contributed by atoms with Crippen LogP contribution in [0.4, 0.5) is 0 Å². The lowest BCUT2D eigenvalue weighted by molar-refractivity contribution is 0.00720. The van der Waals surface area contributed by atoms with Crippen molar-refractivity contribution in [3.05, 3.63) is 22.3 Å². The lowest BCUT2D eigenvalue weighted by atomic mass is 9.87. The summed E-state index contributed by atoms with van der Waals surface area (Å²) in [6.45, 7) is 8.20. The van der Waals surface area contributed by atoms with Crippen LogP contribution in [0.15, 0.2) is 0 Å². The third-order valence-electron chi connectivity index (χ3n) is 4.10. The predicted octanol–water partition coefficient (Wildman–Crippen LogP) is 2.70. The van der Waals surface area contributed by atoms with Gasteiger partial charge in [0, 0.05) is 5.56 Å². The zero-order valence-electron chi connectivity index (χ0n) is 11.9. The highest BCUT2D eigenvalue weighted by Crippen LogP contribution is 2.43. The van der Waals surface area contributed by atoms with Crippen LogP contribution in [-0.2, 0) is 6.42 Å². The number of hydrogen-bond donors (Lipinski definition) is 1. The van der Waals surface area contributed by atoms with E-state index in [0.29, 0.717) is 0 Å². The predicted molar refractivity (Wildman–Crippen MR) is 71.6 cm³/mol. The number of rotatable bonds is 2. The minimum atomic E-state index is -0.453. The van der Waals surface area contributed by atoms with Gasteiger partial charge in [0.2, 0.25) is 0 Å². The summed E-state index contributed by atoms with van der Waals surface area (Å²) >= 11 is 0. The summed E-state index contributed by atoms with van der Waals surface area (Å²) < 4.78 is 11.6. The van der Waals surface area contributed by atoms with Crippen LogP contribution in [0.1, 0.15) is 35.6 Å². The van der Waals surface area contributed by atoms with Crippen molar-refractivity contribution in [2.45, 2.75) is 46.1 Å². The van der Waals surface area contributed by atoms with E-state index in [1.807, 2.05) is 6.92 Å². The molecule has 1 aromatic carbocycles. The molecule has 3 heteroatoms. The molecule has 100 valence electrons.